The van der Waals surface area contributed by atoms with E-state index in [4.69, 9.17) is 0 Å². The topological polar surface area (TPSA) is 97.3 Å². The van der Waals surface area contributed by atoms with Gasteiger partial charge in [0.05, 0.1) is 17.5 Å². The van der Waals surface area contributed by atoms with E-state index in [-0.39, 0.29) is 11.6 Å². The molecule has 25 heavy (non-hydrogen) atoms. The van der Waals surface area contributed by atoms with Crippen molar-refractivity contribution in [2.24, 2.45) is 4.99 Å². The fraction of sp³-hybridized carbons (Fsp3) is 0. The number of phenols is 1. The fourth-order valence-electron chi connectivity index (χ4n) is 2.74. The van der Waals surface area contributed by atoms with Gasteiger partial charge in [-0.2, -0.15) is 5.10 Å². The smallest absolute Gasteiger partial charge is 0.199 e. The van der Waals surface area contributed by atoms with Crippen LogP contribution in [0, 0.1) is 0 Å². The van der Waals surface area contributed by atoms with Crippen molar-refractivity contribution in [3.05, 3.63) is 70.5 Å². The van der Waals surface area contributed by atoms with Gasteiger partial charge in [-0.05, 0) is 30.3 Å². The van der Waals surface area contributed by atoms with Crippen LogP contribution in [0.25, 0.3) is 10.9 Å². The summed E-state index contributed by atoms with van der Waals surface area (Å²) in [7, 11) is 0. The van der Waals surface area contributed by atoms with E-state index in [0.717, 1.165) is 15.4 Å². The molecule has 124 valence electrons. The Labute approximate surface area is 151 Å². The van der Waals surface area contributed by atoms with Gasteiger partial charge in [0.25, 0.3) is 0 Å². The molecule has 0 aliphatic carbocycles. The molecule has 2 aromatic carbocycles. The highest BCUT2D eigenvalue weighted by Crippen LogP contribution is 2.33. The lowest BCUT2D eigenvalue weighted by atomic mass is 10.0. The van der Waals surface area contributed by atoms with Gasteiger partial charge in [0, 0.05) is 27.1 Å². The first-order valence-electron chi connectivity index (χ1n) is 7.49. The molecular weight excluding hydrogens is 384 g/mol. The Balaban J connectivity index is 2.02. The summed E-state index contributed by atoms with van der Waals surface area (Å²) in [6.07, 6.45) is 3.25. The van der Waals surface area contributed by atoms with Gasteiger partial charge in [-0.25, -0.2) is 4.99 Å². The van der Waals surface area contributed by atoms with Gasteiger partial charge in [0.1, 0.15) is 11.4 Å². The average molecular weight is 397 g/mol. The summed E-state index contributed by atoms with van der Waals surface area (Å²) in [5.41, 5.74) is 3.16. The third-order valence-corrected chi connectivity index (χ3v) is 4.32. The number of aliphatic imine (C=N–C) groups is 1. The highest BCUT2D eigenvalue weighted by Gasteiger charge is 2.19. The Morgan fingerprint density at radius 3 is 2.76 bits per heavy atom. The number of hydrogen-bond acceptors (Lipinski definition) is 4. The van der Waals surface area contributed by atoms with Crippen molar-refractivity contribution in [1.82, 2.24) is 15.2 Å². The van der Waals surface area contributed by atoms with Gasteiger partial charge in [-0.3, -0.25) is 5.10 Å². The molecule has 0 bridgehead atoms. The number of aromatic amines is 2. The number of aromatic hydroxyl groups is 2. The van der Waals surface area contributed by atoms with Crippen molar-refractivity contribution in [2.75, 3.05) is 0 Å². The van der Waals surface area contributed by atoms with Crippen LogP contribution in [0.5, 0.6) is 11.6 Å². The molecule has 0 unspecified atom stereocenters. The molecule has 7 heteroatoms. The van der Waals surface area contributed by atoms with Crippen LogP contribution in [0.3, 0.4) is 0 Å². The molecule has 0 fully saturated rings. The second-order valence-electron chi connectivity index (χ2n) is 5.51. The Morgan fingerprint density at radius 2 is 2.00 bits per heavy atom. The first kappa shape index (κ1) is 15.5. The summed E-state index contributed by atoms with van der Waals surface area (Å²) >= 11 is 3.46. The zero-order valence-electron chi connectivity index (χ0n) is 12.9. The minimum atomic E-state index is 0.0127. The van der Waals surface area contributed by atoms with Crippen molar-refractivity contribution in [2.45, 2.75) is 0 Å². The summed E-state index contributed by atoms with van der Waals surface area (Å²) in [6.45, 7) is 0. The monoisotopic (exact) mass is 396 g/mol. The van der Waals surface area contributed by atoms with E-state index in [9.17, 15) is 10.2 Å². The maximum Gasteiger partial charge on any atom is 0.199 e. The molecule has 0 atom stereocenters. The number of nitrogens with one attached hydrogen (secondary N) is 2. The van der Waals surface area contributed by atoms with Crippen molar-refractivity contribution in [1.29, 1.82) is 0 Å². The van der Waals surface area contributed by atoms with Gasteiger partial charge < -0.3 is 15.2 Å². The average Bonchev–Trinajstić information content (AvgIpc) is 3.20. The summed E-state index contributed by atoms with van der Waals surface area (Å²) < 4.78 is 0.888. The summed E-state index contributed by atoms with van der Waals surface area (Å²) in [4.78, 5) is 7.60. The van der Waals surface area contributed by atoms with E-state index in [2.05, 4.69) is 36.1 Å². The van der Waals surface area contributed by atoms with Gasteiger partial charge >= 0.3 is 0 Å². The number of fused-ring (bicyclic) bond motifs is 1. The van der Waals surface area contributed by atoms with E-state index >= 15 is 0 Å². The van der Waals surface area contributed by atoms with Gasteiger partial charge in [-0.15, -0.1) is 0 Å². The Kier molecular flexibility index (Phi) is 3.77. The van der Waals surface area contributed by atoms with E-state index in [1.165, 1.54) is 0 Å². The van der Waals surface area contributed by atoms with Crippen LogP contribution in [0.4, 0.5) is 5.69 Å². The first-order chi connectivity index (χ1) is 12.1. The third-order valence-electron chi connectivity index (χ3n) is 3.82. The molecule has 0 aliphatic heterocycles. The lowest BCUT2D eigenvalue weighted by Crippen LogP contribution is -2.02. The standard InChI is InChI=1S/C18H13BrN4O2/c19-11-4-5-15-14(7-11)16(18(25)23-15)17(22-12-8-20-21-9-12)10-2-1-3-13(24)6-10/h1-9,23-25H,(H,20,21). The predicted octanol–water partition coefficient (Wildman–Crippen LogP) is 4.23. The number of aromatic nitrogens is 3. The van der Waals surface area contributed by atoms with Crippen molar-refractivity contribution >= 4 is 38.2 Å². The van der Waals surface area contributed by atoms with Crippen LogP contribution in [0.15, 0.2) is 64.3 Å². The molecule has 4 N–H and O–H groups in total. The largest absolute Gasteiger partial charge is 0.508 e. The third kappa shape index (κ3) is 2.89. The van der Waals surface area contributed by atoms with Crippen LogP contribution in [0.1, 0.15) is 11.1 Å². The minimum absolute atomic E-state index is 0.0127. The second kappa shape index (κ2) is 6.10. The lowest BCUT2D eigenvalue weighted by Gasteiger charge is -2.07. The molecule has 0 saturated heterocycles. The summed E-state index contributed by atoms with van der Waals surface area (Å²) in [5, 5.41) is 27.8. The maximum absolute atomic E-state index is 10.5. The van der Waals surface area contributed by atoms with Crippen LogP contribution in [0.2, 0.25) is 0 Å². The van der Waals surface area contributed by atoms with Crippen LogP contribution >= 0.6 is 15.9 Å². The normalized spacial score (nSPS) is 12.0. The Bertz CT molecular complexity index is 1080. The molecule has 6 nitrogen and oxygen atoms in total. The van der Waals surface area contributed by atoms with Crippen LogP contribution in [-0.2, 0) is 0 Å². The lowest BCUT2D eigenvalue weighted by molar-refractivity contribution is 0.457. The van der Waals surface area contributed by atoms with Crippen LogP contribution < -0.4 is 0 Å². The van der Waals surface area contributed by atoms with E-state index in [1.54, 1.807) is 30.6 Å². The van der Waals surface area contributed by atoms with Gasteiger partial charge in [0.2, 0.25) is 0 Å². The quantitative estimate of drug-likeness (QED) is 0.390. The molecule has 4 aromatic rings. The van der Waals surface area contributed by atoms with E-state index in [1.807, 2.05) is 24.3 Å². The zero-order chi connectivity index (χ0) is 17.4. The minimum Gasteiger partial charge on any atom is -0.508 e. The number of halogens is 1. The number of H-pyrrole nitrogens is 2. The van der Waals surface area contributed by atoms with Crippen molar-refractivity contribution < 1.29 is 10.2 Å². The number of nitrogens with zero attached hydrogens (tertiary/aromatic N) is 2. The molecule has 2 heterocycles. The van der Waals surface area contributed by atoms with Crippen molar-refractivity contribution in [3.63, 3.8) is 0 Å². The van der Waals surface area contributed by atoms with Gasteiger partial charge in [0.15, 0.2) is 5.88 Å². The molecule has 0 spiro atoms. The second-order valence-corrected chi connectivity index (χ2v) is 6.42. The Morgan fingerprint density at radius 1 is 1.12 bits per heavy atom. The number of benzene rings is 2. The summed E-state index contributed by atoms with van der Waals surface area (Å²) in [5.74, 6) is 0.136. The highest BCUT2D eigenvalue weighted by molar-refractivity contribution is 9.10. The number of hydrogen-bond donors (Lipinski definition) is 4. The van der Waals surface area contributed by atoms with E-state index < -0.39 is 0 Å². The SMILES string of the molecule is Oc1cccc(C(=Nc2cn[nH]c2)c2c(O)[nH]c3ccc(Br)cc23)c1. The number of rotatable bonds is 3. The maximum atomic E-state index is 10.5. The highest BCUT2D eigenvalue weighted by atomic mass is 79.9. The molecule has 0 radical (unpaired) electrons. The molecular formula is C18H13BrN4O2. The predicted molar refractivity (Wildman–Crippen MR) is 99.7 cm³/mol. The van der Waals surface area contributed by atoms with Gasteiger partial charge in [-0.1, -0.05) is 28.1 Å². The molecule has 0 amide bonds. The summed E-state index contributed by atoms with van der Waals surface area (Å²) in [6, 6.07) is 12.4. The Hall–Kier alpha value is -3.06. The molecule has 0 aliphatic rings. The number of phenolic OH excluding ortho intramolecular Hbond substituents is 1. The molecule has 4 rings (SSSR count). The molecule has 0 saturated carbocycles. The van der Waals surface area contributed by atoms with E-state index in [0.29, 0.717) is 22.5 Å². The van der Waals surface area contributed by atoms with Crippen molar-refractivity contribution in [3.8, 4) is 11.6 Å². The molecule has 2 aromatic heterocycles. The zero-order valence-corrected chi connectivity index (χ0v) is 14.4. The first-order valence-corrected chi connectivity index (χ1v) is 8.28. The van der Waals surface area contributed by atoms with Crippen LogP contribution in [-0.4, -0.2) is 31.1 Å². The fourth-order valence-corrected chi connectivity index (χ4v) is 3.10.